The fourth-order valence-corrected chi connectivity index (χ4v) is 3.20. The Balaban J connectivity index is 1.77. The zero-order valence-electron chi connectivity index (χ0n) is 12.9. The molecule has 1 saturated heterocycles. The van der Waals surface area contributed by atoms with Crippen LogP contribution < -0.4 is 5.73 Å². The summed E-state index contributed by atoms with van der Waals surface area (Å²) in [5, 5.41) is 0. The number of rotatable bonds is 2. The predicted octanol–water partition coefficient (Wildman–Crippen LogP) is 1.04. The third kappa shape index (κ3) is 3.37. The number of hydrogen-bond donors (Lipinski definition) is 1. The van der Waals surface area contributed by atoms with Crippen LogP contribution in [0.25, 0.3) is 0 Å². The maximum absolute atomic E-state index is 14.8. The quantitative estimate of drug-likeness (QED) is 0.865. The molecular weight excluding hydrogens is 337 g/mol. The lowest BCUT2D eigenvalue weighted by Crippen LogP contribution is -2.43. The molecule has 3 rings (SSSR count). The van der Waals surface area contributed by atoms with Crippen LogP contribution >= 0.6 is 11.3 Å². The molecule has 1 atom stereocenters. The van der Waals surface area contributed by atoms with Crippen LogP contribution in [0.5, 0.6) is 0 Å². The van der Waals surface area contributed by atoms with Gasteiger partial charge in [0.2, 0.25) is 5.76 Å². The van der Waals surface area contributed by atoms with E-state index in [0.29, 0.717) is 4.88 Å². The minimum Gasteiger partial charge on any atom is -0.418 e. The van der Waals surface area contributed by atoms with Crippen molar-refractivity contribution in [2.24, 2.45) is 0 Å². The first kappa shape index (κ1) is 16.4. The summed E-state index contributed by atoms with van der Waals surface area (Å²) in [6, 6.07) is -0.127. The molecule has 1 aliphatic rings. The van der Waals surface area contributed by atoms with Crippen LogP contribution in [0.3, 0.4) is 0 Å². The van der Waals surface area contributed by atoms with Gasteiger partial charge in [0.25, 0.3) is 17.8 Å². The Morgan fingerprint density at radius 3 is 2.50 bits per heavy atom. The van der Waals surface area contributed by atoms with Crippen molar-refractivity contribution >= 4 is 29.2 Å². The second kappa shape index (κ2) is 6.19. The first-order valence-electron chi connectivity index (χ1n) is 7.23. The van der Waals surface area contributed by atoms with Crippen LogP contribution in [0.15, 0.2) is 22.3 Å². The van der Waals surface area contributed by atoms with Crippen LogP contribution in [0, 0.1) is 0 Å². The number of nitrogens with zero attached hydrogens (tertiary/aromatic N) is 4. The topological polar surface area (TPSA) is 106 Å². The van der Waals surface area contributed by atoms with Gasteiger partial charge in [0.15, 0.2) is 0 Å². The van der Waals surface area contributed by atoms with Gasteiger partial charge >= 0.3 is 0 Å². The monoisotopic (exact) mass is 353 g/mol. The minimum atomic E-state index is -1.75. The summed E-state index contributed by atoms with van der Waals surface area (Å²) in [6.45, 7) is 1.50. The number of nitrogens with two attached hydrogens (primary N) is 1. The predicted molar refractivity (Wildman–Crippen MR) is 84.3 cm³/mol. The summed E-state index contributed by atoms with van der Waals surface area (Å²) < 4.78 is 19.9. The van der Waals surface area contributed by atoms with Gasteiger partial charge in [-0.1, -0.05) is 0 Å². The highest BCUT2D eigenvalue weighted by atomic mass is 32.1. The van der Waals surface area contributed by atoms with Gasteiger partial charge in [-0.15, -0.1) is 11.3 Å². The molecule has 2 aromatic rings. The van der Waals surface area contributed by atoms with E-state index in [-0.39, 0.29) is 43.9 Å². The highest BCUT2D eigenvalue weighted by Gasteiger charge is 2.37. The fraction of sp³-hybridized carbons (Fsp3) is 0.429. The van der Waals surface area contributed by atoms with Crippen molar-refractivity contribution in [3.05, 3.63) is 28.5 Å². The molecule has 1 unspecified atom stereocenters. The number of nitrogen functional groups attached to an aromatic ring is 1. The fourth-order valence-electron chi connectivity index (χ4n) is 2.61. The van der Waals surface area contributed by atoms with Gasteiger partial charge in [0.1, 0.15) is 10.5 Å². The van der Waals surface area contributed by atoms with E-state index in [1.807, 2.05) is 0 Å². The summed E-state index contributed by atoms with van der Waals surface area (Å²) in [5.41, 5.74) is 5.16. The molecular formula is C14H16FN5O3S. The van der Waals surface area contributed by atoms with Crippen molar-refractivity contribution in [2.75, 3.05) is 31.9 Å². The van der Waals surface area contributed by atoms with E-state index < -0.39 is 11.6 Å². The van der Waals surface area contributed by atoms with Gasteiger partial charge in [-0.3, -0.25) is 14.6 Å². The molecule has 0 saturated carbocycles. The average Bonchev–Trinajstić information content (AvgIpc) is 3.16. The molecule has 2 amide bonds. The highest BCUT2D eigenvalue weighted by Crippen LogP contribution is 2.22. The molecule has 10 heteroatoms. The molecule has 1 fully saturated rings. The lowest BCUT2D eigenvalue weighted by atomic mass is 10.1. The van der Waals surface area contributed by atoms with Crippen LogP contribution in [0.4, 0.5) is 10.4 Å². The molecule has 0 radical (unpaired) electrons. The Labute approximate surface area is 141 Å². The second-order valence-corrected chi connectivity index (χ2v) is 6.68. The lowest BCUT2D eigenvalue weighted by Gasteiger charge is -2.26. The van der Waals surface area contributed by atoms with Gasteiger partial charge in [-0.2, -0.15) is 0 Å². The molecule has 128 valence electrons. The van der Waals surface area contributed by atoms with E-state index in [1.165, 1.54) is 40.5 Å². The molecule has 3 heterocycles. The molecule has 0 aliphatic carbocycles. The van der Waals surface area contributed by atoms with Crippen molar-refractivity contribution in [1.82, 2.24) is 19.8 Å². The molecule has 0 aromatic carbocycles. The van der Waals surface area contributed by atoms with Crippen LogP contribution in [0.1, 0.15) is 27.2 Å². The third-order valence-corrected chi connectivity index (χ3v) is 4.39. The Morgan fingerprint density at radius 2 is 1.96 bits per heavy atom. The van der Waals surface area contributed by atoms with Gasteiger partial charge < -0.3 is 20.0 Å². The Morgan fingerprint density at radius 1 is 1.29 bits per heavy atom. The highest BCUT2D eigenvalue weighted by molar-refractivity contribution is 7.11. The molecule has 0 bridgehead atoms. The summed E-state index contributed by atoms with van der Waals surface area (Å²) in [5.74, 6) is -0.847. The van der Waals surface area contributed by atoms with Crippen LogP contribution in [0.2, 0.25) is 0 Å². The first-order chi connectivity index (χ1) is 11.4. The lowest BCUT2D eigenvalue weighted by molar-refractivity contribution is 0.0584. The van der Waals surface area contributed by atoms with Crippen molar-refractivity contribution in [3.8, 4) is 0 Å². The van der Waals surface area contributed by atoms with E-state index in [1.54, 1.807) is 5.51 Å². The Bertz CT molecular complexity index is 745. The molecule has 2 aromatic heterocycles. The van der Waals surface area contributed by atoms with Gasteiger partial charge in [-0.05, 0) is 6.92 Å². The number of anilines is 1. The first-order valence-corrected chi connectivity index (χ1v) is 8.11. The van der Waals surface area contributed by atoms with Crippen molar-refractivity contribution in [2.45, 2.75) is 12.6 Å². The number of oxazole rings is 1. The Hall–Kier alpha value is -2.49. The van der Waals surface area contributed by atoms with Gasteiger partial charge in [-0.25, -0.2) is 9.37 Å². The normalized spacial score (nSPS) is 21.6. The SMILES string of the molecule is CC1(F)CN(C(=O)c2cnc(N)o2)CCN(C(=O)c2cncs2)C1. The summed E-state index contributed by atoms with van der Waals surface area (Å²) in [4.78, 5) is 35.5. The van der Waals surface area contributed by atoms with Gasteiger partial charge in [0, 0.05) is 13.1 Å². The Kier molecular flexibility index (Phi) is 4.22. The summed E-state index contributed by atoms with van der Waals surface area (Å²) >= 11 is 1.20. The maximum Gasteiger partial charge on any atom is 0.292 e. The smallest absolute Gasteiger partial charge is 0.292 e. The molecule has 0 spiro atoms. The number of hydrogen-bond acceptors (Lipinski definition) is 7. The number of halogens is 1. The summed E-state index contributed by atoms with van der Waals surface area (Å²) in [6.07, 6.45) is 2.66. The van der Waals surface area contributed by atoms with Gasteiger partial charge in [0.05, 0.1) is 31.0 Å². The third-order valence-electron chi connectivity index (χ3n) is 3.63. The van der Waals surface area contributed by atoms with Crippen LogP contribution in [-0.2, 0) is 0 Å². The van der Waals surface area contributed by atoms with E-state index in [9.17, 15) is 14.0 Å². The standard InChI is InChI=1S/C14H16FN5O3S/c1-14(15)6-19(11(21)9-4-18-13(16)23-9)2-3-20(7-14)12(22)10-5-17-8-24-10/h4-5,8H,2-3,6-7H2,1H3,(H2,16,18). The number of thiazole rings is 1. The molecule has 1 aliphatic heterocycles. The number of aromatic nitrogens is 2. The van der Waals surface area contributed by atoms with E-state index in [4.69, 9.17) is 10.2 Å². The molecule has 2 N–H and O–H groups in total. The van der Waals surface area contributed by atoms with Crippen LogP contribution in [-0.4, -0.2) is 63.4 Å². The summed E-state index contributed by atoms with van der Waals surface area (Å²) in [7, 11) is 0. The molecule has 8 nitrogen and oxygen atoms in total. The zero-order chi connectivity index (χ0) is 17.3. The second-order valence-electron chi connectivity index (χ2n) is 5.80. The maximum atomic E-state index is 14.8. The zero-order valence-corrected chi connectivity index (χ0v) is 13.8. The largest absolute Gasteiger partial charge is 0.418 e. The number of alkyl halides is 1. The number of amides is 2. The minimum absolute atomic E-state index is 0.0504. The number of carbonyl (C=O) groups excluding carboxylic acids is 2. The van der Waals surface area contributed by atoms with Crippen molar-refractivity contribution in [1.29, 1.82) is 0 Å². The van der Waals surface area contributed by atoms with Crippen molar-refractivity contribution in [3.63, 3.8) is 0 Å². The van der Waals surface area contributed by atoms with E-state index in [2.05, 4.69) is 9.97 Å². The average molecular weight is 353 g/mol. The van der Waals surface area contributed by atoms with E-state index in [0.717, 1.165) is 0 Å². The van der Waals surface area contributed by atoms with Crippen molar-refractivity contribution < 1.29 is 18.4 Å². The molecule has 24 heavy (non-hydrogen) atoms. The number of carbonyl (C=O) groups is 2. The van der Waals surface area contributed by atoms with E-state index >= 15 is 0 Å².